The maximum absolute atomic E-state index is 11.2. The van der Waals surface area contributed by atoms with Crippen LogP contribution in [-0.4, -0.2) is 55.0 Å². The van der Waals surface area contributed by atoms with Crippen molar-refractivity contribution in [2.24, 2.45) is 11.1 Å². The van der Waals surface area contributed by atoms with Crippen LogP contribution >= 0.6 is 0 Å². The average Bonchev–Trinajstić information content (AvgIpc) is 2.74. The molecule has 1 fully saturated rings. The number of carboxylic acid groups (broad SMARTS) is 1. The maximum Gasteiger partial charge on any atom is 0.307 e. The lowest BCUT2D eigenvalue weighted by Crippen LogP contribution is -2.40. The lowest BCUT2D eigenvalue weighted by molar-refractivity contribution is -0.143. The molecule has 0 spiro atoms. The standard InChI is InChI=1S/C22H26N2O4/c1-27-20-11-5-9-18(15-20)21(17-7-3-2-4-8-17)23-28-14-13-24-12-6-10-19(16-24)22(25)26/h2-5,7-9,11,15,19H,6,10,12-14,16H2,1H3,(H,25,26)/t19-/m1/s1. The summed E-state index contributed by atoms with van der Waals surface area (Å²) in [5.41, 5.74) is 2.61. The molecular formula is C22H26N2O4. The highest BCUT2D eigenvalue weighted by atomic mass is 16.6. The summed E-state index contributed by atoms with van der Waals surface area (Å²) >= 11 is 0. The highest BCUT2D eigenvalue weighted by Gasteiger charge is 2.25. The number of aliphatic carboxylic acids is 1. The molecule has 1 aliphatic heterocycles. The molecule has 6 heteroatoms. The third-order valence-corrected chi connectivity index (χ3v) is 4.90. The van der Waals surface area contributed by atoms with E-state index in [4.69, 9.17) is 9.57 Å². The molecule has 1 heterocycles. The van der Waals surface area contributed by atoms with Crippen LogP contribution in [0.4, 0.5) is 0 Å². The van der Waals surface area contributed by atoms with Gasteiger partial charge in [-0.15, -0.1) is 0 Å². The lowest BCUT2D eigenvalue weighted by Gasteiger charge is -2.29. The first-order chi connectivity index (χ1) is 13.7. The van der Waals surface area contributed by atoms with Gasteiger partial charge in [0, 0.05) is 24.2 Å². The van der Waals surface area contributed by atoms with Gasteiger partial charge in [0.25, 0.3) is 0 Å². The molecule has 0 radical (unpaired) electrons. The van der Waals surface area contributed by atoms with Crippen LogP contribution in [0.3, 0.4) is 0 Å². The van der Waals surface area contributed by atoms with Crippen molar-refractivity contribution in [3.05, 3.63) is 65.7 Å². The smallest absolute Gasteiger partial charge is 0.307 e. The van der Waals surface area contributed by atoms with E-state index in [1.807, 2.05) is 54.6 Å². The molecule has 148 valence electrons. The van der Waals surface area contributed by atoms with E-state index >= 15 is 0 Å². The highest BCUT2D eigenvalue weighted by molar-refractivity contribution is 6.12. The summed E-state index contributed by atoms with van der Waals surface area (Å²) in [5, 5.41) is 13.6. The van der Waals surface area contributed by atoms with Crippen molar-refractivity contribution < 1.29 is 19.5 Å². The molecule has 1 aliphatic rings. The number of rotatable bonds is 8. The molecule has 1 atom stereocenters. The van der Waals surface area contributed by atoms with Gasteiger partial charge in [-0.3, -0.25) is 9.69 Å². The highest BCUT2D eigenvalue weighted by Crippen LogP contribution is 2.18. The zero-order valence-corrected chi connectivity index (χ0v) is 16.1. The molecule has 1 N–H and O–H groups in total. The Bertz CT molecular complexity index is 807. The van der Waals surface area contributed by atoms with E-state index in [-0.39, 0.29) is 5.92 Å². The molecule has 0 bridgehead atoms. The zero-order valence-electron chi connectivity index (χ0n) is 16.1. The lowest BCUT2D eigenvalue weighted by atomic mass is 9.98. The number of piperidine rings is 1. The molecule has 0 saturated carbocycles. The first-order valence-corrected chi connectivity index (χ1v) is 9.52. The number of benzene rings is 2. The number of hydrogen-bond donors (Lipinski definition) is 1. The largest absolute Gasteiger partial charge is 0.497 e. The van der Waals surface area contributed by atoms with Gasteiger partial charge in [0.05, 0.1) is 13.0 Å². The molecule has 1 saturated heterocycles. The number of hydrogen-bond acceptors (Lipinski definition) is 5. The Morgan fingerprint density at radius 1 is 1.18 bits per heavy atom. The van der Waals surface area contributed by atoms with Gasteiger partial charge in [-0.1, -0.05) is 47.6 Å². The van der Waals surface area contributed by atoms with Gasteiger partial charge < -0.3 is 14.7 Å². The zero-order chi connectivity index (χ0) is 19.8. The average molecular weight is 382 g/mol. The Morgan fingerprint density at radius 3 is 2.71 bits per heavy atom. The second-order valence-corrected chi connectivity index (χ2v) is 6.85. The normalized spacial score (nSPS) is 17.9. The van der Waals surface area contributed by atoms with E-state index < -0.39 is 5.97 Å². The van der Waals surface area contributed by atoms with Gasteiger partial charge in [-0.2, -0.15) is 0 Å². The predicted molar refractivity (Wildman–Crippen MR) is 108 cm³/mol. The fourth-order valence-corrected chi connectivity index (χ4v) is 3.38. The van der Waals surface area contributed by atoms with Gasteiger partial charge in [0.2, 0.25) is 0 Å². The van der Waals surface area contributed by atoms with E-state index in [0.717, 1.165) is 42.0 Å². The maximum atomic E-state index is 11.2. The first kappa shape index (κ1) is 19.9. The summed E-state index contributed by atoms with van der Waals surface area (Å²) in [5.74, 6) is -0.240. The van der Waals surface area contributed by atoms with Crippen LogP contribution in [0.15, 0.2) is 59.8 Å². The van der Waals surface area contributed by atoms with Crippen molar-refractivity contribution in [3.8, 4) is 5.75 Å². The van der Waals surface area contributed by atoms with E-state index in [1.165, 1.54) is 0 Å². The van der Waals surface area contributed by atoms with Gasteiger partial charge in [0.1, 0.15) is 18.1 Å². The van der Waals surface area contributed by atoms with Crippen LogP contribution in [0.5, 0.6) is 5.75 Å². The van der Waals surface area contributed by atoms with Gasteiger partial charge >= 0.3 is 5.97 Å². The molecule has 3 rings (SSSR count). The molecule has 0 amide bonds. The third-order valence-electron chi connectivity index (χ3n) is 4.90. The van der Waals surface area contributed by atoms with Crippen LogP contribution in [0.1, 0.15) is 24.0 Å². The summed E-state index contributed by atoms with van der Waals surface area (Å²) in [6.07, 6.45) is 1.65. The van der Waals surface area contributed by atoms with Crippen molar-refractivity contribution in [2.75, 3.05) is 33.4 Å². The summed E-state index contributed by atoms with van der Waals surface area (Å²) in [4.78, 5) is 19.0. The van der Waals surface area contributed by atoms with E-state index in [9.17, 15) is 9.90 Å². The van der Waals surface area contributed by atoms with Crippen LogP contribution in [0.2, 0.25) is 0 Å². The number of oxime groups is 1. The molecule has 2 aromatic carbocycles. The quantitative estimate of drug-likeness (QED) is 0.431. The number of methoxy groups -OCH3 is 1. The van der Waals surface area contributed by atoms with Crippen molar-refractivity contribution in [3.63, 3.8) is 0 Å². The van der Waals surface area contributed by atoms with Gasteiger partial charge in [-0.25, -0.2) is 0 Å². The van der Waals surface area contributed by atoms with Crippen LogP contribution in [0.25, 0.3) is 0 Å². The Labute approximate surface area is 165 Å². The number of nitrogens with zero attached hydrogens (tertiary/aromatic N) is 2. The van der Waals surface area contributed by atoms with Crippen molar-refractivity contribution >= 4 is 11.7 Å². The summed E-state index contributed by atoms with van der Waals surface area (Å²) in [6.45, 7) is 2.54. The number of likely N-dealkylation sites (tertiary alicyclic amines) is 1. The third kappa shape index (κ3) is 5.33. The predicted octanol–water partition coefficient (Wildman–Crippen LogP) is 3.26. The fraction of sp³-hybridized carbons (Fsp3) is 0.364. The monoisotopic (exact) mass is 382 g/mol. The Hall–Kier alpha value is -2.86. The molecule has 0 aromatic heterocycles. The van der Waals surface area contributed by atoms with Crippen molar-refractivity contribution in [1.82, 2.24) is 4.90 Å². The molecule has 6 nitrogen and oxygen atoms in total. The molecule has 0 unspecified atom stereocenters. The molecular weight excluding hydrogens is 356 g/mol. The summed E-state index contributed by atoms with van der Waals surface area (Å²) in [7, 11) is 1.64. The number of carboxylic acids is 1. The minimum Gasteiger partial charge on any atom is -0.497 e. The topological polar surface area (TPSA) is 71.4 Å². The van der Waals surface area contributed by atoms with Crippen LogP contribution in [0, 0.1) is 5.92 Å². The van der Waals surface area contributed by atoms with E-state index in [2.05, 4.69) is 10.1 Å². The van der Waals surface area contributed by atoms with Crippen molar-refractivity contribution in [2.45, 2.75) is 12.8 Å². The summed E-state index contributed by atoms with van der Waals surface area (Å²) in [6, 6.07) is 17.6. The molecule has 2 aromatic rings. The second kappa shape index (κ2) is 9.90. The molecule has 0 aliphatic carbocycles. The SMILES string of the molecule is COc1cccc(C(=NOCCN2CCC[C@@H](C(=O)O)C2)c2ccccc2)c1. The number of carbonyl (C=O) groups is 1. The fourth-order valence-electron chi connectivity index (χ4n) is 3.38. The first-order valence-electron chi connectivity index (χ1n) is 9.52. The minimum atomic E-state index is -0.715. The Balaban J connectivity index is 1.67. The van der Waals surface area contributed by atoms with Crippen LogP contribution < -0.4 is 4.74 Å². The minimum absolute atomic E-state index is 0.283. The van der Waals surface area contributed by atoms with Crippen molar-refractivity contribution in [1.29, 1.82) is 0 Å². The molecule has 28 heavy (non-hydrogen) atoms. The van der Waals surface area contributed by atoms with Gasteiger partial charge in [0.15, 0.2) is 0 Å². The Morgan fingerprint density at radius 2 is 1.96 bits per heavy atom. The van der Waals surface area contributed by atoms with E-state index in [0.29, 0.717) is 19.7 Å². The second-order valence-electron chi connectivity index (χ2n) is 6.85. The van der Waals surface area contributed by atoms with E-state index in [1.54, 1.807) is 7.11 Å². The van der Waals surface area contributed by atoms with Gasteiger partial charge in [-0.05, 0) is 31.5 Å². The van der Waals surface area contributed by atoms with Crippen LogP contribution in [-0.2, 0) is 9.63 Å². The summed E-state index contributed by atoms with van der Waals surface area (Å²) < 4.78 is 5.32. The number of ether oxygens (including phenoxy) is 1. The Kier molecular flexibility index (Phi) is 7.03.